The summed E-state index contributed by atoms with van der Waals surface area (Å²) in [6, 6.07) is 7.35. The summed E-state index contributed by atoms with van der Waals surface area (Å²) in [5.41, 5.74) is 3.16. The molecule has 4 rings (SSSR count). The summed E-state index contributed by atoms with van der Waals surface area (Å²) >= 11 is 0. The van der Waals surface area contributed by atoms with Crippen molar-refractivity contribution in [1.82, 2.24) is 20.2 Å². The van der Waals surface area contributed by atoms with Gasteiger partial charge < -0.3 is 25.0 Å². The van der Waals surface area contributed by atoms with E-state index in [1.807, 2.05) is 31.2 Å². The van der Waals surface area contributed by atoms with E-state index < -0.39 is 6.09 Å². The molecule has 0 saturated carbocycles. The Bertz CT molecular complexity index is 1110. The van der Waals surface area contributed by atoms with Crippen LogP contribution in [-0.4, -0.2) is 78.5 Å². The van der Waals surface area contributed by atoms with Gasteiger partial charge in [-0.05, 0) is 36.6 Å². The van der Waals surface area contributed by atoms with Gasteiger partial charge >= 0.3 is 12.1 Å². The topological polar surface area (TPSA) is 111 Å². The third kappa shape index (κ3) is 5.23. The van der Waals surface area contributed by atoms with Crippen LogP contribution in [0.2, 0.25) is 0 Å². The molecule has 1 aromatic heterocycles. The fraction of sp³-hybridized carbons (Fsp3) is 0.538. The standard InChI is InChI=1S/C26H36N6O4/c1-6-27-24(33)30(5)18-9-7-17(8-10-18)22-28-20-16-32(25(34)35)15-19(26(2,3)4)21(20)23(29-22)31-11-13-36-14-12-31/h7-10,19H,6,11-16H2,1-5H3,(H,27,33)(H,34,35). The number of hydrogen-bond donors (Lipinski definition) is 2. The Morgan fingerprint density at radius 3 is 2.42 bits per heavy atom. The van der Waals surface area contributed by atoms with Crippen molar-refractivity contribution >= 4 is 23.6 Å². The van der Waals surface area contributed by atoms with Crippen LogP contribution in [0, 0.1) is 5.41 Å². The molecule has 0 spiro atoms. The van der Waals surface area contributed by atoms with Crippen LogP contribution in [-0.2, 0) is 11.3 Å². The number of nitrogens with one attached hydrogen (secondary N) is 1. The molecule has 10 nitrogen and oxygen atoms in total. The molecule has 2 aliphatic rings. The summed E-state index contributed by atoms with van der Waals surface area (Å²) in [6.07, 6.45) is -0.944. The molecule has 1 saturated heterocycles. The lowest BCUT2D eigenvalue weighted by molar-refractivity contribution is 0.117. The van der Waals surface area contributed by atoms with Crippen LogP contribution >= 0.6 is 0 Å². The van der Waals surface area contributed by atoms with Gasteiger partial charge in [-0.1, -0.05) is 20.8 Å². The van der Waals surface area contributed by atoms with E-state index in [2.05, 4.69) is 31.0 Å². The Balaban J connectivity index is 1.79. The minimum absolute atomic E-state index is 0.0441. The summed E-state index contributed by atoms with van der Waals surface area (Å²) in [7, 11) is 1.72. The Morgan fingerprint density at radius 1 is 1.17 bits per heavy atom. The van der Waals surface area contributed by atoms with Crippen LogP contribution in [0.3, 0.4) is 0 Å². The third-order valence-electron chi connectivity index (χ3n) is 6.87. The zero-order valence-electron chi connectivity index (χ0n) is 21.7. The molecule has 1 fully saturated rings. The molecule has 0 bridgehead atoms. The van der Waals surface area contributed by atoms with E-state index in [1.54, 1.807) is 11.9 Å². The van der Waals surface area contributed by atoms with Crippen molar-refractivity contribution in [3.63, 3.8) is 0 Å². The maximum Gasteiger partial charge on any atom is 0.407 e. The Morgan fingerprint density at radius 2 is 1.83 bits per heavy atom. The first-order valence-corrected chi connectivity index (χ1v) is 12.4. The number of carbonyl (C=O) groups is 2. The second-order valence-corrected chi connectivity index (χ2v) is 10.4. The summed E-state index contributed by atoms with van der Waals surface area (Å²) in [4.78, 5) is 39.4. The van der Waals surface area contributed by atoms with Gasteiger partial charge in [0.05, 0.1) is 25.5 Å². The summed E-state index contributed by atoms with van der Waals surface area (Å²) in [5.74, 6) is 1.37. The van der Waals surface area contributed by atoms with E-state index >= 15 is 0 Å². The minimum atomic E-state index is -0.944. The largest absolute Gasteiger partial charge is 0.465 e. The Kier molecular flexibility index (Phi) is 7.35. The molecule has 3 heterocycles. The molecule has 2 aromatic rings. The highest BCUT2D eigenvalue weighted by Gasteiger charge is 2.40. The number of urea groups is 1. The van der Waals surface area contributed by atoms with Crippen molar-refractivity contribution in [1.29, 1.82) is 0 Å². The van der Waals surface area contributed by atoms with Crippen LogP contribution in [0.25, 0.3) is 11.4 Å². The van der Waals surface area contributed by atoms with Gasteiger partial charge in [0.25, 0.3) is 0 Å². The zero-order chi connectivity index (χ0) is 26.0. The third-order valence-corrected chi connectivity index (χ3v) is 6.87. The quantitative estimate of drug-likeness (QED) is 0.663. The van der Waals surface area contributed by atoms with Crippen LogP contribution in [0.15, 0.2) is 24.3 Å². The number of fused-ring (bicyclic) bond motifs is 1. The highest BCUT2D eigenvalue weighted by atomic mass is 16.5. The molecular weight excluding hydrogens is 460 g/mol. The van der Waals surface area contributed by atoms with E-state index in [-0.39, 0.29) is 23.9 Å². The van der Waals surface area contributed by atoms with E-state index in [0.29, 0.717) is 32.1 Å². The molecule has 1 unspecified atom stereocenters. The number of aromatic nitrogens is 2. The average molecular weight is 497 g/mol. The monoisotopic (exact) mass is 496 g/mol. The first-order chi connectivity index (χ1) is 17.1. The molecule has 0 radical (unpaired) electrons. The van der Waals surface area contributed by atoms with E-state index in [1.165, 1.54) is 4.90 Å². The van der Waals surface area contributed by atoms with Crippen molar-refractivity contribution in [3.05, 3.63) is 35.5 Å². The maximum atomic E-state index is 12.2. The number of carboxylic acid groups (broad SMARTS) is 1. The molecule has 2 aliphatic heterocycles. The average Bonchev–Trinajstić information content (AvgIpc) is 2.87. The lowest BCUT2D eigenvalue weighted by atomic mass is 9.74. The maximum absolute atomic E-state index is 12.2. The van der Waals surface area contributed by atoms with Gasteiger partial charge in [-0.3, -0.25) is 4.90 Å². The van der Waals surface area contributed by atoms with Gasteiger partial charge in [0, 0.05) is 56.0 Å². The normalized spacial score (nSPS) is 18.0. The van der Waals surface area contributed by atoms with E-state index in [4.69, 9.17) is 14.7 Å². The molecule has 1 aromatic carbocycles. The van der Waals surface area contributed by atoms with Gasteiger partial charge in [0.2, 0.25) is 0 Å². The van der Waals surface area contributed by atoms with Gasteiger partial charge in [0.1, 0.15) is 5.82 Å². The number of morpholine rings is 1. The number of rotatable bonds is 4. The predicted octanol–water partition coefficient (Wildman–Crippen LogP) is 3.77. The summed E-state index contributed by atoms with van der Waals surface area (Å²) < 4.78 is 5.59. The molecule has 36 heavy (non-hydrogen) atoms. The lowest BCUT2D eigenvalue weighted by Crippen LogP contribution is -2.44. The zero-order valence-corrected chi connectivity index (χ0v) is 21.7. The van der Waals surface area contributed by atoms with Crippen LogP contribution in [0.1, 0.15) is 44.9 Å². The minimum Gasteiger partial charge on any atom is -0.465 e. The van der Waals surface area contributed by atoms with E-state index in [0.717, 1.165) is 41.4 Å². The van der Waals surface area contributed by atoms with Crippen LogP contribution in [0.5, 0.6) is 0 Å². The number of anilines is 2. The Labute approximate surface area is 212 Å². The van der Waals surface area contributed by atoms with Gasteiger partial charge in [0.15, 0.2) is 5.82 Å². The number of hydrogen-bond acceptors (Lipinski definition) is 6. The van der Waals surface area contributed by atoms with Gasteiger partial charge in [-0.25, -0.2) is 19.6 Å². The molecule has 10 heteroatoms. The molecular formula is C26H36N6O4. The second-order valence-electron chi connectivity index (χ2n) is 10.4. The second kappa shape index (κ2) is 10.3. The lowest BCUT2D eigenvalue weighted by Gasteiger charge is -2.42. The van der Waals surface area contributed by atoms with Gasteiger partial charge in [-0.2, -0.15) is 0 Å². The summed E-state index contributed by atoms with van der Waals surface area (Å²) in [5, 5.41) is 12.6. The van der Waals surface area contributed by atoms with Crippen molar-refractivity contribution in [2.45, 2.75) is 40.2 Å². The van der Waals surface area contributed by atoms with Crippen LogP contribution in [0.4, 0.5) is 21.1 Å². The first kappa shape index (κ1) is 25.7. The Hall–Kier alpha value is -3.40. The number of nitrogens with zero attached hydrogens (tertiary/aromatic N) is 5. The van der Waals surface area contributed by atoms with E-state index in [9.17, 15) is 14.7 Å². The summed E-state index contributed by atoms with van der Waals surface area (Å²) in [6.45, 7) is 12.1. The first-order valence-electron chi connectivity index (χ1n) is 12.4. The highest BCUT2D eigenvalue weighted by Crippen LogP contribution is 2.44. The fourth-order valence-electron chi connectivity index (χ4n) is 4.76. The van der Waals surface area contributed by atoms with Crippen LogP contribution < -0.4 is 15.1 Å². The molecule has 194 valence electrons. The van der Waals surface area contributed by atoms with Gasteiger partial charge in [-0.15, -0.1) is 0 Å². The molecule has 1 atom stereocenters. The highest BCUT2D eigenvalue weighted by molar-refractivity contribution is 5.91. The molecule has 2 N–H and O–H groups in total. The number of ether oxygens (including phenoxy) is 1. The number of carbonyl (C=O) groups excluding carboxylic acids is 1. The van der Waals surface area contributed by atoms with Crippen molar-refractivity contribution in [2.24, 2.45) is 5.41 Å². The predicted molar refractivity (Wildman–Crippen MR) is 139 cm³/mol. The SMILES string of the molecule is CCNC(=O)N(C)c1ccc(-c2nc3c(c(N4CCOCC4)n2)C(C(C)(C)C)CN(C(=O)O)C3)cc1. The fourth-order valence-corrected chi connectivity index (χ4v) is 4.76. The number of benzene rings is 1. The van der Waals surface area contributed by atoms with Crippen molar-refractivity contribution < 1.29 is 19.4 Å². The molecule has 0 aliphatic carbocycles. The van der Waals surface area contributed by atoms with Crippen molar-refractivity contribution in [2.75, 3.05) is 56.2 Å². The number of amides is 3. The molecule has 3 amide bonds. The van der Waals surface area contributed by atoms with Crippen molar-refractivity contribution in [3.8, 4) is 11.4 Å². The smallest absolute Gasteiger partial charge is 0.407 e.